The fourth-order valence-electron chi connectivity index (χ4n) is 1.93. The number of ether oxygens (including phenoxy) is 1. The van der Waals surface area contributed by atoms with Crippen molar-refractivity contribution in [1.82, 2.24) is 0 Å². The second kappa shape index (κ2) is 5.21. The molecule has 1 N–H and O–H groups in total. The molecule has 104 valence electrons. The van der Waals surface area contributed by atoms with E-state index >= 15 is 0 Å². The van der Waals surface area contributed by atoms with Gasteiger partial charge in [0, 0.05) is 5.56 Å². The van der Waals surface area contributed by atoms with Crippen LogP contribution >= 0.6 is 0 Å². The van der Waals surface area contributed by atoms with Gasteiger partial charge in [-0.1, -0.05) is 6.07 Å². The third-order valence-corrected chi connectivity index (χ3v) is 2.85. The Hall–Kier alpha value is -1.56. The maximum absolute atomic E-state index is 13.0. The number of allylic oxidation sites excluding steroid dienone is 1. The van der Waals surface area contributed by atoms with E-state index in [2.05, 4.69) is 0 Å². The van der Waals surface area contributed by atoms with Gasteiger partial charge < -0.3 is 9.84 Å². The average Bonchev–Trinajstić information content (AvgIpc) is 2.38. The molecule has 0 saturated heterocycles. The van der Waals surface area contributed by atoms with Crippen molar-refractivity contribution in [3.8, 4) is 0 Å². The minimum Gasteiger partial charge on any atom is -0.495 e. The maximum Gasteiger partial charge on any atom is 0.416 e. The Balaban J connectivity index is 2.41. The zero-order valence-corrected chi connectivity index (χ0v) is 9.88. The van der Waals surface area contributed by atoms with Crippen molar-refractivity contribution < 1.29 is 27.4 Å². The SMILES string of the molecule is OC(C1=CCCCO1)c1ccc(F)cc1C(F)(F)F. The zero-order valence-electron chi connectivity index (χ0n) is 9.88. The summed E-state index contributed by atoms with van der Waals surface area (Å²) in [7, 11) is 0. The van der Waals surface area contributed by atoms with Gasteiger partial charge in [-0.15, -0.1) is 0 Å². The smallest absolute Gasteiger partial charge is 0.416 e. The molecule has 0 spiro atoms. The van der Waals surface area contributed by atoms with Crippen LogP contribution in [0, 0.1) is 5.82 Å². The molecule has 0 aliphatic carbocycles. The molecule has 2 rings (SSSR count). The van der Waals surface area contributed by atoms with Crippen LogP contribution in [0.15, 0.2) is 30.0 Å². The molecule has 1 atom stereocenters. The predicted molar refractivity (Wildman–Crippen MR) is 59.6 cm³/mol. The minimum atomic E-state index is -4.73. The first-order chi connectivity index (χ1) is 8.89. The highest BCUT2D eigenvalue weighted by atomic mass is 19.4. The van der Waals surface area contributed by atoms with Crippen LogP contribution in [-0.4, -0.2) is 11.7 Å². The molecule has 1 heterocycles. The van der Waals surface area contributed by atoms with Gasteiger partial charge in [-0.25, -0.2) is 4.39 Å². The van der Waals surface area contributed by atoms with Crippen LogP contribution in [0.5, 0.6) is 0 Å². The molecule has 19 heavy (non-hydrogen) atoms. The number of rotatable bonds is 2. The lowest BCUT2D eigenvalue weighted by atomic mass is 9.99. The maximum atomic E-state index is 13.0. The van der Waals surface area contributed by atoms with E-state index in [1.165, 1.54) is 0 Å². The lowest BCUT2D eigenvalue weighted by molar-refractivity contribution is -0.139. The molecule has 0 fully saturated rings. The third kappa shape index (κ3) is 3.07. The van der Waals surface area contributed by atoms with E-state index in [1.54, 1.807) is 6.08 Å². The van der Waals surface area contributed by atoms with E-state index < -0.39 is 29.2 Å². The monoisotopic (exact) mass is 276 g/mol. The Labute approximate surface area is 107 Å². The second-order valence-electron chi connectivity index (χ2n) is 4.23. The molecule has 2 nitrogen and oxygen atoms in total. The van der Waals surface area contributed by atoms with Gasteiger partial charge >= 0.3 is 6.18 Å². The predicted octanol–water partition coefficient (Wildman–Crippen LogP) is 3.57. The van der Waals surface area contributed by atoms with Gasteiger partial charge in [0.25, 0.3) is 0 Å². The number of hydrogen-bond acceptors (Lipinski definition) is 2. The third-order valence-electron chi connectivity index (χ3n) is 2.85. The molecule has 0 bridgehead atoms. The highest BCUT2D eigenvalue weighted by Gasteiger charge is 2.36. The summed E-state index contributed by atoms with van der Waals surface area (Å²) in [4.78, 5) is 0. The quantitative estimate of drug-likeness (QED) is 0.837. The number of alkyl halides is 3. The van der Waals surface area contributed by atoms with Crippen LogP contribution in [0.1, 0.15) is 30.1 Å². The van der Waals surface area contributed by atoms with E-state index in [-0.39, 0.29) is 5.76 Å². The largest absolute Gasteiger partial charge is 0.495 e. The summed E-state index contributed by atoms with van der Waals surface area (Å²) < 4.78 is 56.6. The molecule has 1 unspecified atom stereocenters. The van der Waals surface area contributed by atoms with Crippen molar-refractivity contribution in [1.29, 1.82) is 0 Å². The Morgan fingerprint density at radius 2 is 2.00 bits per heavy atom. The van der Waals surface area contributed by atoms with E-state index in [4.69, 9.17) is 4.74 Å². The van der Waals surface area contributed by atoms with Gasteiger partial charge in [0.2, 0.25) is 0 Å². The van der Waals surface area contributed by atoms with Crippen LogP contribution in [0.25, 0.3) is 0 Å². The average molecular weight is 276 g/mol. The number of benzene rings is 1. The van der Waals surface area contributed by atoms with Crippen LogP contribution in [-0.2, 0) is 10.9 Å². The normalized spacial score (nSPS) is 17.6. The molecular formula is C13H12F4O2. The number of aliphatic hydroxyl groups is 1. The van der Waals surface area contributed by atoms with Crippen LogP contribution in [0.2, 0.25) is 0 Å². The van der Waals surface area contributed by atoms with Crippen molar-refractivity contribution in [3.63, 3.8) is 0 Å². The lowest BCUT2D eigenvalue weighted by Crippen LogP contribution is -2.16. The summed E-state index contributed by atoms with van der Waals surface area (Å²) in [6.07, 6.45) is -3.32. The van der Waals surface area contributed by atoms with Crippen molar-refractivity contribution in [2.24, 2.45) is 0 Å². The van der Waals surface area contributed by atoms with E-state index in [0.29, 0.717) is 19.1 Å². The van der Waals surface area contributed by atoms with Crippen LogP contribution in [0.4, 0.5) is 17.6 Å². The topological polar surface area (TPSA) is 29.5 Å². The molecule has 0 amide bonds. The summed E-state index contributed by atoms with van der Waals surface area (Å²) >= 11 is 0. The molecule has 0 radical (unpaired) electrons. The first kappa shape index (κ1) is 13.9. The van der Waals surface area contributed by atoms with Gasteiger partial charge in [0.15, 0.2) is 0 Å². The molecule has 1 aromatic rings. The van der Waals surface area contributed by atoms with Gasteiger partial charge in [0.05, 0.1) is 12.2 Å². The standard InChI is InChI=1S/C13H12F4O2/c14-8-4-5-9(10(7-8)13(15,16)17)12(18)11-3-1-2-6-19-11/h3-5,7,12,18H,1-2,6H2. The van der Waals surface area contributed by atoms with Gasteiger partial charge in [0.1, 0.15) is 17.7 Å². The summed E-state index contributed by atoms with van der Waals surface area (Å²) in [5, 5.41) is 9.96. The second-order valence-corrected chi connectivity index (χ2v) is 4.23. The molecule has 1 aromatic carbocycles. The van der Waals surface area contributed by atoms with Gasteiger partial charge in [-0.2, -0.15) is 13.2 Å². The molecule has 1 aliphatic rings. The van der Waals surface area contributed by atoms with Crippen molar-refractivity contribution in [3.05, 3.63) is 47.0 Å². The number of aliphatic hydroxyl groups excluding tert-OH is 1. The Kier molecular flexibility index (Phi) is 3.80. The van der Waals surface area contributed by atoms with E-state index in [9.17, 15) is 22.7 Å². The minimum absolute atomic E-state index is 0.0864. The number of hydrogen-bond donors (Lipinski definition) is 1. The van der Waals surface area contributed by atoms with Crippen molar-refractivity contribution >= 4 is 0 Å². The van der Waals surface area contributed by atoms with E-state index in [1.807, 2.05) is 0 Å². The van der Waals surface area contributed by atoms with Gasteiger partial charge in [-0.05, 0) is 31.1 Å². The summed E-state index contributed by atoms with van der Waals surface area (Å²) in [6, 6.07) is 2.20. The van der Waals surface area contributed by atoms with Gasteiger partial charge in [-0.3, -0.25) is 0 Å². The Morgan fingerprint density at radius 1 is 1.26 bits per heavy atom. The highest BCUT2D eigenvalue weighted by Crippen LogP contribution is 2.37. The van der Waals surface area contributed by atoms with Crippen LogP contribution in [0.3, 0.4) is 0 Å². The molecule has 0 aromatic heterocycles. The zero-order chi connectivity index (χ0) is 14.0. The summed E-state index contributed by atoms with van der Waals surface area (Å²) in [6.45, 7) is 0.353. The van der Waals surface area contributed by atoms with E-state index in [0.717, 1.165) is 18.6 Å². The Bertz CT molecular complexity index is 494. The first-order valence-corrected chi connectivity index (χ1v) is 5.77. The van der Waals surface area contributed by atoms with Crippen molar-refractivity contribution in [2.75, 3.05) is 6.61 Å². The molecule has 6 heteroatoms. The fraction of sp³-hybridized carbons (Fsp3) is 0.385. The highest BCUT2D eigenvalue weighted by molar-refractivity contribution is 5.35. The first-order valence-electron chi connectivity index (χ1n) is 5.77. The van der Waals surface area contributed by atoms with Crippen molar-refractivity contribution in [2.45, 2.75) is 25.1 Å². The summed E-state index contributed by atoms with van der Waals surface area (Å²) in [5.41, 5.74) is -1.59. The molecule has 1 aliphatic heterocycles. The lowest BCUT2D eigenvalue weighted by Gasteiger charge is -2.22. The fourth-order valence-corrected chi connectivity index (χ4v) is 1.93. The Morgan fingerprint density at radius 3 is 2.58 bits per heavy atom. The number of halogens is 4. The molecular weight excluding hydrogens is 264 g/mol. The molecule has 0 saturated carbocycles. The van der Waals surface area contributed by atoms with Crippen LogP contribution < -0.4 is 0 Å². The summed E-state index contributed by atoms with van der Waals surface area (Å²) in [5.74, 6) is -0.912.